The van der Waals surface area contributed by atoms with Gasteiger partial charge in [-0.15, -0.1) is 0 Å². The second kappa shape index (κ2) is 7.04. The van der Waals surface area contributed by atoms with Crippen LogP contribution in [0, 0.1) is 0 Å². The molecule has 2 atom stereocenters. The third-order valence-corrected chi connectivity index (χ3v) is 6.53. The van der Waals surface area contributed by atoms with Crippen molar-refractivity contribution in [2.75, 3.05) is 23.4 Å². The van der Waals surface area contributed by atoms with E-state index in [9.17, 15) is 13.2 Å². The van der Waals surface area contributed by atoms with E-state index >= 15 is 0 Å². The van der Waals surface area contributed by atoms with E-state index in [1.807, 2.05) is 56.3 Å². The maximum Gasteiger partial charge on any atom is 0.245 e. The van der Waals surface area contributed by atoms with Gasteiger partial charge in [-0.25, -0.2) is 8.42 Å². The Kier molecular flexibility index (Phi) is 4.99. The van der Waals surface area contributed by atoms with Gasteiger partial charge in [0.05, 0.1) is 11.5 Å². The monoisotopic (exact) mass is 360 g/mol. The van der Waals surface area contributed by atoms with Gasteiger partial charge >= 0.3 is 0 Å². The molecule has 0 bridgehead atoms. The van der Waals surface area contributed by atoms with E-state index < -0.39 is 15.9 Å². The number of anilines is 1. The average Bonchev–Trinajstić information content (AvgIpc) is 2.95. The van der Waals surface area contributed by atoms with Crippen molar-refractivity contribution >= 4 is 32.2 Å². The topological polar surface area (TPSA) is 66.5 Å². The average molecular weight is 360 g/mol. The number of hydrogen-bond donors (Lipinski definition) is 1. The van der Waals surface area contributed by atoms with Crippen molar-refractivity contribution in [1.82, 2.24) is 4.90 Å². The highest BCUT2D eigenvalue weighted by atomic mass is 32.2. The van der Waals surface area contributed by atoms with Gasteiger partial charge in [0, 0.05) is 18.3 Å². The summed E-state index contributed by atoms with van der Waals surface area (Å²) in [6.45, 7) is 4.23. The van der Waals surface area contributed by atoms with Gasteiger partial charge in [-0.3, -0.25) is 4.79 Å². The third-order valence-electron chi connectivity index (χ3n) is 4.78. The summed E-state index contributed by atoms with van der Waals surface area (Å²) < 4.78 is 23.4. The van der Waals surface area contributed by atoms with Crippen molar-refractivity contribution in [2.45, 2.75) is 32.4 Å². The van der Waals surface area contributed by atoms with Crippen LogP contribution in [0.25, 0.3) is 10.8 Å². The van der Waals surface area contributed by atoms with E-state index in [0.29, 0.717) is 13.0 Å². The van der Waals surface area contributed by atoms with Crippen molar-refractivity contribution in [1.29, 1.82) is 0 Å². The molecule has 1 heterocycles. The summed E-state index contributed by atoms with van der Waals surface area (Å²) in [5, 5.41) is 5.52. The summed E-state index contributed by atoms with van der Waals surface area (Å²) in [6.07, 6.45) is 0.532. The highest BCUT2D eigenvalue weighted by molar-refractivity contribution is 7.91. The van der Waals surface area contributed by atoms with E-state index in [2.05, 4.69) is 5.32 Å². The molecule has 0 radical (unpaired) electrons. The minimum Gasteiger partial charge on any atom is -0.374 e. The van der Waals surface area contributed by atoms with Crippen molar-refractivity contribution < 1.29 is 13.2 Å². The van der Waals surface area contributed by atoms with Crippen LogP contribution in [0.15, 0.2) is 42.5 Å². The molecule has 1 aliphatic rings. The zero-order valence-corrected chi connectivity index (χ0v) is 15.4. The van der Waals surface area contributed by atoms with Crippen molar-refractivity contribution in [3.8, 4) is 0 Å². The molecule has 2 aromatic carbocycles. The van der Waals surface area contributed by atoms with E-state index in [1.165, 1.54) is 0 Å². The zero-order chi connectivity index (χ0) is 18.0. The van der Waals surface area contributed by atoms with Crippen LogP contribution in [0.4, 0.5) is 5.69 Å². The molecule has 1 amide bonds. The van der Waals surface area contributed by atoms with E-state index in [4.69, 9.17) is 0 Å². The van der Waals surface area contributed by atoms with Crippen LogP contribution >= 0.6 is 0 Å². The van der Waals surface area contributed by atoms with Gasteiger partial charge in [0.15, 0.2) is 9.84 Å². The molecular weight excluding hydrogens is 336 g/mol. The SMILES string of the molecule is CCN(C(=O)[C@H](C)Nc1ccc2ccccc2c1)[C@H]1CCS(=O)(=O)C1. The molecule has 6 heteroatoms. The van der Waals surface area contributed by atoms with Gasteiger partial charge < -0.3 is 10.2 Å². The first kappa shape index (κ1) is 17.7. The lowest BCUT2D eigenvalue weighted by Gasteiger charge is -2.30. The molecule has 5 nitrogen and oxygen atoms in total. The Hall–Kier alpha value is -2.08. The summed E-state index contributed by atoms with van der Waals surface area (Å²) in [6, 6.07) is 13.5. The van der Waals surface area contributed by atoms with Gasteiger partial charge in [0.25, 0.3) is 0 Å². The Morgan fingerprint density at radius 1 is 1.24 bits per heavy atom. The van der Waals surface area contributed by atoms with E-state index in [-0.39, 0.29) is 23.5 Å². The first-order valence-electron chi connectivity index (χ1n) is 8.66. The maximum atomic E-state index is 12.8. The lowest BCUT2D eigenvalue weighted by Crippen LogP contribution is -2.47. The molecule has 0 aliphatic carbocycles. The van der Waals surface area contributed by atoms with Gasteiger partial charge in [0.1, 0.15) is 6.04 Å². The normalized spacial score (nSPS) is 20.3. The van der Waals surface area contributed by atoms with Crippen LogP contribution in [0.1, 0.15) is 20.3 Å². The number of carbonyl (C=O) groups is 1. The quantitative estimate of drug-likeness (QED) is 0.890. The smallest absolute Gasteiger partial charge is 0.245 e. The molecule has 0 spiro atoms. The standard InChI is InChI=1S/C19H24N2O3S/c1-3-21(18-10-11-25(23,24)13-18)19(22)14(2)20-17-9-8-15-6-4-5-7-16(15)12-17/h4-9,12,14,18,20H,3,10-11,13H2,1-2H3/t14-,18-/m0/s1. The summed E-state index contributed by atoms with van der Waals surface area (Å²) in [4.78, 5) is 14.5. The highest BCUT2D eigenvalue weighted by Gasteiger charge is 2.35. The number of sulfone groups is 1. The molecule has 134 valence electrons. The van der Waals surface area contributed by atoms with Crippen LogP contribution in [0.2, 0.25) is 0 Å². The molecule has 2 aromatic rings. The summed E-state index contributed by atoms with van der Waals surface area (Å²) in [5.74, 6) is 0.196. The number of benzene rings is 2. The largest absolute Gasteiger partial charge is 0.374 e. The number of nitrogens with zero attached hydrogens (tertiary/aromatic N) is 1. The molecular formula is C19H24N2O3S. The summed E-state index contributed by atoms with van der Waals surface area (Å²) in [7, 11) is -3.01. The number of hydrogen-bond acceptors (Lipinski definition) is 4. The molecule has 1 N–H and O–H groups in total. The van der Waals surface area contributed by atoms with E-state index in [1.54, 1.807) is 4.90 Å². The molecule has 1 saturated heterocycles. The Labute approximate surface area is 148 Å². The number of fused-ring (bicyclic) bond motifs is 1. The predicted molar refractivity (Wildman–Crippen MR) is 101 cm³/mol. The molecule has 1 aliphatic heterocycles. The third kappa shape index (κ3) is 3.95. The highest BCUT2D eigenvalue weighted by Crippen LogP contribution is 2.21. The molecule has 0 saturated carbocycles. The summed E-state index contributed by atoms with van der Waals surface area (Å²) in [5.41, 5.74) is 0.884. The second-order valence-corrected chi connectivity index (χ2v) is 8.84. The molecule has 1 fully saturated rings. The Morgan fingerprint density at radius 3 is 2.60 bits per heavy atom. The predicted octanol–water partition coefficient (Wildman–Crippen LogP) is 2.68. The number of nitrogens with one attached hydrogen (secondary N) is 1. The molecule has 25 heavy (non-hydrogen) atoms. The number of amides is 1. The molecule has 0 aromatic heterocycles. The van der Waals surface area contributed by atoms with Gasteiger partial charge in [0.2, 0.25) is 5.91 Å². The Balaban J connectivity index is 1.72. The molecule has 0 unspecified atom stereocenters. The second-order valence-electron chi connectivity index (χ2n) is 6.61. The van der Waals surface area contributed by atoms with Crippen LogP contribution in [0.3, 0.4) is 0 Å². The van der Waals surface area contributed by atoms with Crippen LogP contribution < -0.4 is 5.32 Å². The summed E-state index contributed by atoms with van der Waals surface area (Å²) >= 11 is 0. The first-order chi connectivity index (χ1) is 11.9. The lowest BCUT2D eigenvalue weighted by atomic mass is 10.1. The fraction of sp³-hybridized carbons (Fsp3) is 0.421. The fourth-order valence-electron chi connectivity index (χ4n) is 3.45. The minimum absolute atomic E-state index is 0.0576. The van der Waals surface area contributed by atoms with Crippen molar-refractivity contribution in [2.24, 2.45) is 0 Å². The van der Waals surface area contributed by atoms with Gasteiger partial charge in [-0.2, -0.15) is 0 Å². The lowest BCUT2D eigenvalue weighted by molar-refractivity contribution is -0.133. The van der Waals surface area contributed by atoms with Crippen LogP contribution in [0.5, 0.6) is 0 Å². The number of carbonyl (C=O) groups excluding carboxylic acids is 1. The zero-order valence-electron chi connectivity index (χ0n) is 14.6. The maximum absolute atomic E-state index is 12.8. The number of rotatable bonds is 5. The van der Waals surface area contributed by atoms with Crippen LogP contribution in [-0.4, -0.2) is 49.4 Å². The van der Waals surface area contributed by atoms with Crippen molar-refractivity contribution in [3.05, 3.63) is 42.5 Å². The number of likely N-dealkylation sites (N-methyl/N-ethyl adjacent to an activating group) is 1. The molecule has 3 rings (SSSR count). The first-order valence-corrected chi connectivity index (χ1v) is 10.5. The van der Waals surface area contributed by atoms with Gasteiger partial charge in [-0.05, 0) is 43.2 Å². The van der Waals surface area contributed by atoms with Crippen molar-refractivity contribution in [3.63, 3.8) is 0 Å². The minimum atomic E-state index is -3.01. The Morgan fingerprint density at radius 2 is 1.96 bits per heavy atom. The van der Waals surface area contributed by atoms with Crippen LogP contribution in [-0.2, 0) is 14.6 Å². The van der Waals surface area contributed by atoms with E-state index in [0.717, 1.165) is 16.5 Å². The van der Waals surface area contributed by atoms with Gasteiger partial charge in [-0.1, -0.05) is 30.3 Å². The Bertz CT molecular complexity index is 879. The fourth-order valence-corrected chi connectivity index (χ4v) is 5.19.